The number of ether oxygens (including phenoxy) is 8. The third-order valence-corrected chi connectivity index (χ3v) is 12.6. The molecule has 0 aliphatic carbocycles. The molecule has 13 nitrogen and oxygen atoms in total. The van der Waals surface area contributed by atoms with E-state index in [1.54, 1.807) is 52.0 Å². The Balaban J connectivity index is 2.46. The Hall–Kier alpha value is -2.81. The molecule has 0 fully saturated rings. The van der Waals surface area contributed by atoms with Gasteiger partial charge < -0.3 is 42.5 Å². The number of alkyl halides is 1. The van der Waals surface area contributed by atoms with Crippen LogP contribution < -0.4 is 0 Å². The van der Waals surface area contributed by atoms with Gasteiger partial charge in [0.05, 0.1) is 66.1 Å². The molecular formula is C40H58BrO13P. The maximum absolute atomic E-state index is 15.8. The van der Waals surface area contributed by atoms with Crippen molar-refractivity contribution in [1.29, 1.82) is 0 Å². The Labute approximate surface area is 333 Å². The predicted octanol–water partition coefficient (Wildman–Crippen LogP) is 6.24. The largest absolute Gasteiger partial charge is 0.463 e. The van der Waals surface area contributed by atoms with Crippen LogP contribution in [0.2, 0.25) is 0 Å². The van der Waals surface area contributed by atoms with Crippen molar-refractivity contribution in [3.8, 4) is 0 Å². The minimum absolute atomic E-state index is 0.0128. The molecule has 0 spiro atoms. The minimum Gasteiger partial charge on any atom is -0.463 e. The van der Waals surface area contributed by atoms with Gasteiger partial charge >= 0.3 is 11.9 Å². The fraction of sp³-hybridized carbons (Fsp3) is 0.600. The summed E-state index contributed by atoms with van der Waals surface area (Å²) in [6.07, 6.45) is 0. The molecule has 0 aliphatic rings. The standard InChI is InChI=1S/C40H58BrO13P/c1-9-47-11-13-49-15-17-51-19-21-53-37(42)35(41)36(38(43)54-22-20-52-18-16-50-14-12-48-10-2)55(46,39(44)33-29(5)23-27(3)24-30(33)6)40(45)34-31(7)25-28(4)26-32(34)8/h23-26,35-36H,9-22H2,1-8H3. The number of benzene rings is 2. The van der Waals surface area contributed by atoms with Crippen LogP contribution >= 0.6 is 23.1 Å². The molecule has 15 heteroatoms. The van der Waals surface area contributed by atoms with Crippen LogP contribution in [0.3, 0.4) is 0 Å². The van der Waals surface area contributed by atoms with Gasteiger partial charge in [0.25, 0.3) is 0 Å². The van der Waals surface area contributed by atoms with Gasteiger partial charge in [-0.25, -0.2) is 0 Å². The van der Waals surface area contributed by atoms with E-state index in [4.69, 9.17) is 37.9 Å². The molecule has 0 radical (unpaired) electrons. The molecule has 0 aliphatic heterocycles. The van der Waals surface area contributed by atoms with Crippen molar-refractivity contribution >= 4 is 46.1 Å². The van der Waals surface area contributed by atoms with E-state index in [0.29, 0.717) is 68.5 Å². The number of carbonyl (C=O) groups excluding carboxylic acids is 4. The summed E-state index contributed by atoms with van der Waals surface area (Å²) in [6.45, 7) is 17.3. The summed E-state index contributed by atoms with van der Waals surface area (Å²) in [7, 11) is -5.14. The molecule has 0 N–H and O–H groups in total. The average molecular weight is 858 g/mol. The maximum atomic E-state index is 15.8. The van der Waals surface area contributed by atoms with Crippen LogP contribution in [-0.4, -0.2) is 126 Å². The molecule has 0 bridgehead atoms. The quantitative estimate of drug-likeness (QED) is 0.0410. The summed E-state index contributed by atoms with van der Waals surface area (Å²) >= 11 is 3.24. The first kappa shape index (κ1) is 48.3. The number of aryl methyl sites for hydroxylation is 6. The van der Waals surface area contributed by atoms with Crippen molar-refractivity contribution in [3.63, 3.8) is 0 Å². The topological polar surface area (TPSA) is 159 Å². The van der Waals surface area contributed by atoms with Crippen LogP contribution in [0.1, 0.15) is 67.9 Å². The number of esters is 2. The van der Waals surface area contributed by atoms with Gasteiger partial charge in [0.15, 0.2) is 0 Å². The van der Waals surface area contributed by atoms with Gasteiger partial charge in [-0.05, 0) is 77.6 Å². The zero-order valence-electron chi connectivity index (χ0n) is 33.5. The first-order valence-electron chi connectivity index (χ1n) is 18.5. The molecule has 0 saturated heterocycles. The highest BCUT2D eigenvalue weighted by molar-refractivity contribution is 9.10. The lowest BCUT2D eigenvalue weighted by molar-refractivity contribution is -0.150. The monoisotopic (exact) mass is 856 g/mol. The predicted molar refractivity (Wildman–Crippen MR) is 212 cm³/mol. The summed E-state index contributed by atoms with van der Waals surface area (Å²) in [5, 5.41) is 0. The summed E-state index contributed by atoms with van der Waals surface area (Å²) in [5.41, 5.74) is -0.617. The van der Waals surface area contributed by atoms with Crippen LogP contribution in [0.25, 0.3) is 0 Å². The van der Waals surface area contributed by atoms with E-state index in [1.165, 1.54) is 0 Å². The zero-order chi connectivity index (χ0) is 41.0. The van der Waals surface area contributed by atoms with E-state index in [2.05, 4.69) is 15.9 Å². The first-order chi connectivity index (χ1) is 26.2. The number of halogens is 1. The molecule has 0 heterocycles. The fourth-order valence-electron chi connectivity index (χ4n) is 6.03. The summed E-state index contributed by atoms with van der Waals surface area (Å²) in [6, 6.07) is 6.91. The van der Waals surface area contributed by atoms with Gasteiger partial charge in [-0.3, -0.25) is 19.2 Å². The molecule has 2 aromatic rings. The second kappa shape index (κ2) is 25.4. The van der Waals surface area contributed by atoms with Crippen LogP contribution in [0.5, 0.6) is 0 Å². The Kier molecular flexibility index (Phi) is 22.4. The fourth-order valence-corrected chi connectivity index (χ4v) is 10.3. The minimum atomic E-state index is -5.14. The third kappa shape index (κ3) is 14.9. The Morgan fingerprint density at radius 3 is 1.13 bits per heavy atom. The summed E-state index contributed by atoms with van der Waals surface area (Å²) in [5.74, 6) is -2.24. The average Bonchev–Trinajstić information content (AvgIpc) is 3.12. The Bertz CT molecular complexity index is 1490. The van der Waals surface area contributed by atoms with Crippen molar-refractivity contribution in [1.82, 2.24) is 0 Å². The molecule has 0 aromatic heterocycles. The van der Waals surface area contributed by atoms with Crippen molar-refractivity contribution in [3.05, 3.63) is 68.8 Å². The van der Waals surface area contributed by atoms with Gasteiger partial charge in [-0.1, -0.05) is 51.3 Å². The SMILES string of the molecule is CCOCCOCCOCCOC(=O)C(Br)C(C(=O)OCCOCCOCCOCC)P(=O)(C(=O)c1c(C)cc(C)cc1C)C(=O)c1c(C)cc(C)cc1C. The number of hydrogen-bond donors (Lipinski definition) is 0. The lowest BCUT2D eigenvalue weighted by Crippen LogP contribution is -2.42. The van der Waals surface area contributed by atoms with E-state index < -0.39 is 40.6 Å². The van der Waals surface area contributed by atoms with Crippen LogP contribution in [0, 0.1) is 41.5 Å². The highest BCUT2D eigenvalue weighted by atomic mass is 79.9. The highest BCUT2D eigenvalue weighted by Crippen LogP contribution is 2.60. The third-order valence-electron chi connectivity index (χ3n) is 8.36. The lowest BCUT2D eigenvalue weighted by Gasteiger charge is -2.29. The van der Waals surface area contributed by atoms with E-state index in [0.717, 1.165) is 11.1 Å². The van der Waals surface area contributed by atoms with Gasteiger partial charge in [0, 0.05) is 24.3 Å². The molecule has 308 valence electrons. The Morgan fingerprint density at radius 1 is 0.509 bits per heavy atom. The second-order valence-electron chi connectivity index (χ2n) is 12.8. The maximum Gasteiger partial charge on any atom is 0.321 e. The van der Waals surface area contributed by atoms with E-state index in [1.807, 2.05) is 27.7 Å². The first-order valence-corrected chi connectivity index (χ1v) is 21.2. The van der Waals surface area contributed by atoms with Crippen molar-refractivity contribution < 1.29 is 61.6 Å². The number of carbonyl (C=O) groups is 4. The van der Waals surface area contributed by atoms with Gasteiger partial charge in [0.2, 0.25) is 18.2 Å². The van der Waals surface area contributed by atoms with Crippen molar-refractivity contribution in [2.75, 3.05) is 92.5 Å². The van der Waals surface area contributed by atoms with Crippen molar-refractivity contribution in [2.24, 2.45) is 0 Å². The molecular weight excluding hydrogens is 799 g/mol. The van der Waals surface area contributed by atoms with Crippen LogP contribution in [0.15, 0.2) is 24.3 Å². The van der Waals surface area contributed by atoms with Crippen LogP contribution in [0.4, 0.5) is 0 Å². The van der Waals surface area contributed by atoms with Gasteiger partial charge in [0.1, 0.15) is 23.7 Å². The number of rotatable bonds is 28. The smallest absolute Gasteiger partial charge is 0.321 e. The van der Waals surface area contributed by atoms with Gasteiger partial charge in [-0.15, -0.1) is 0 Å². The summed E-state index contributed by atoms with van der Waals surface area (Å²) < 4.78 is 59.0. The van der Waals surface area contributed by atoms with Crippen LogP contribution in [-0.2, 0) is 52.0 Å². The number of hydrogen-bond acceptors (Lipinski definition) is 13. The normalized spacial score (nSPS) is 12.7. The van der Waals surface area contributed by atoms with Crippen molar-refractivity contribution in [2.45, 2.75) is 65.9 Å². The Morgan fingerprint density at radius 2 is 0.800 bits per heavy atom. The van der Waals surface area contributed by atoms with E-state index >= 15 is 4.57 Å². The zero-order valence-corrected chi connectivity index (χ0v) is 36.0. The lowest BCUT2D eigenvalue weighted by atomic mass is 10.0. The summed E-state index contributed by atoms with van der Waals surface area (Å²) in [4.78, 5) is 55.7. The molecule has 0 saturated carbocycles. The molecule has 55 heavy (non-hydrogen) atoms. The van der Waals surface area contributed by atoms with E-state index in [-0.39, 0.29) is 57.4 Å². The second-order valence-corrected chi connectivity index (χ2v) is 16.5. The van der Waals surface area contributed by atoms with E-state index in [9.17, 15) is 19.2 Å². The molecule has 0 amide bonds. The van der Waals surface area contributed by atoms with Gasteiger partial charge in [-0.2, -0.15) is 0 Å². The molecule has 2 aromatic carbocycles. The highest BCUT2D eigenvalue weighted by Gasteiger charge is 2.57. The molecule has 2 rings (SSSR count). The molecule has 2 atom stereocenters. The molecule has 2 unspecified atom stereocenters.